The molecule has 2 aromatic rings. The van der Waals surface area contributed by atoms with E-state index in [9.17, 15) is 9.59 Å². The Morgan fingerprint density at radius 2 is 1.05 bits per heavy atom. The van der Waals surface area contributed by atoms with Gasteiger partial charge in [0.25, 0.3) is 0 Å². The highest BCUT2D eigenvalue weighted by molar-refractivity contribution is 6.50. The highest BCUT2D eigenvalue weighted by atomic mass is 28.4. The standard InChI is InChI=1S/C16H16O4Si/c17-21(18,19-13-11-15-7-3-1-4-8-15)20-14-12-16-9-5-2-6-10-16/h1-14,17-18H. The maximum atomic E-state index is 9.62. The lowest BCUT2D eigenvalue weighted by molar-refractivity contribution is 0.0970. The number of hydrogen-bond acceptors (Lipinski definition) is 4. The van der Waals surface area contributed by atoms with Crippen LogP contribution in [0, 0.1) is 0 Å². The van der Waals surface area contributed by atoms with Crippen molar-refractivity contribution in [2.75, 3.05) is 0 Å². The molecule has 0 aliphatic rings. The first kappa shape index (κ1) is 15.1. The molecule has 0 saturated heterocycles. The molecule has 2 N–H and O–H groups in total. The van der Waals surface area contributed by atoms with Gasteiger partial charge >= 0.3 is 9.05 Å². The van der Waals surface area contributed by atoms with Gasteiger partial charge in [-0.1, -0.05) is 60.7 Å². The Kier molecular flexibility index (Phi) is 5.33. The Hall–Kier alpha value is -2.34. The second kappa shape index (κ2) is 7.44. The van der Waals surface area contributed by atoms with E-state index < -0.39 is 9.05 Å². The molecule has 4 nitrogen and oxygen atoms in total. The molecule has 0 fully saturated rings. The fraction of sp³-hybridized carbons (Fsp3) is 0. The first-order valence-corrected chi connectivity index (χ1v) is 8.10. The van der Waals surface area contributed by atoms with E-state index in [0.717, 1.165) is 11.1 Å². The van der Waals surface area contributed by atoms with Gasteiger partial charge in [0.1, 0.15) is 0 Å². The first-order valence-electron chi connectivity index (χ1n) is 6.39. The van der Waals surface area contributed by atoms with Crippen LogP contribution in [0.25, 0.3) is 12.2 Å². The lowest BCUT2D eigenvalue weighted by Gasteiger charge is -2.13. The molecular weight excluding hydrogens is 284 g/mol. The first-order chi connectivity index (χ1) is 10.2. The molecule has 0 spiro atoms. The van der Waals surface area contributed by atoms with E-state index in [-0.39, 0.29) is 0 Å². The van der Waals surface area contributed by atoms with Gasteiger partial charge in [-0.2, -0.15) is 0 Å². The van der Waals surface area contributed by atoms with Crippen molar-refractivity contribution in [3.05, 3.63) is 84.3 Å². The van der Waals surface area contributed by atoms with Crippen molar-refractivity contribution in [1.82, 2.24) is 0 Å². The summed E-state index contributed by atoms with van der Waals surface area (Å²) >= 11 is 0. The smallest absolute Gasteiger partial charge is 0.478 e. The van der Waals surface area contributed by atoms with Crippen molar-refractivity contribution < 1.29 is 18.4 Å². The predicted molar refractivity (Wildman–Crippen MR) is 83.3 cm³/mol. The molecule has 2 aromatic carbocycles. The second-order valence-corrected chi connectivity index (χ2v) is 5.78. The fourth-order valence-corrected chi connectivity index (χ4v) is 2.10. The Morgan fingerprint density at radius 3 is 1.43 bits per heavy atom. The summed E-state index contributed by atoms with van der Waals surface area (Å²) in [5.41, 5.74) is 1.78. The van der Waals surface area contributed by atoms with Crippen molar-refractivity contribution in [3.63, 3.8) is 0 Å². The van der Waals surface area contributed by atoms with Crippen LogP contribution in [-0.4, -0.2) is 18.6 Å². The Labute approximate surface area is 124 Å². The second-order valence-electron chi connectivity index (χ2n) is 4.21. The minimum atomic E-state index is -4.18. The van der Waals surface area contributed by atoms with Crippen molar-refractivity contribution in [3.8, 4) is 0 Å². The Morgan fingerprint density at radius 1 is 0.667 bits per heavy atom. The maximum Gasteiger partial charge on any atom is 0.814 e. The summed E-state index contributed by atoms with van der Waals surface area (Å²) in [5, 5.41) is 0. The van der Waals surface area contributed by atoms with Crippen LogP contribution in [0.4, 0.5) is 0 Å². The van der Waals surface area contributed by atoms with Gasteiger partial charge in [0.05, 0.1) is 12.5 Å². The molecule has 2 rings (SSSR count). The Bertz CT molecular complexity index is 541. The van der Waals surface area contributed by atoms with Gasteiger partial charge < -0.3 is 18.4 Å². The lowest BCUT2D eigenvalue weighted by atomic mass is 10.2. The van der Waals surface area contributed by atoms with Crippen LogP contribution in [0.3, 0.4) is 0 Å². The number of benzene rings is 2. The average Bonchev–Trinajstić information content (AvgIpc) is 2.49. The van der Waals surface area contributed by atoms with E-state index in [4.69, 9.17) is 8.85 Å². The molecule has 0 amide bonds. The topological polar surface area (TPSA) is 58.9 Å². The zero-order valence-electron chi connectivity index (χ0n) is 11.3. The summed E-state index contributed by atoms with van der Waals surface area (Å²) in [7, 11) is -4.18. The summed E-state index contributed by atoms with van der Waals surface area (Å²) in [6, 6.07) is 18.8. The highest BCUT2D eigenvalue weighted by Gasteiger charge is 2.39. The minimum absolute atomic E-state index is 0.891. The average molecular weight is 300 g/mol. The molecule has 0 aliphatic carbocycles. The SMILES string of the molecule is O[Si](O)(OC=Cc1ccccc1)OC=Cc1ccccc1. The third-order valence-electron chi connectivity index (χ3n) is 2.56. The van der Waals surface area contributed by atoms with E-state index in [1.165, 1.54) is 12.5 Å². The van der Waals surface area contributed by atoms with E-state index in [0.29, 0.717) is 0 Å². The van der Waals surface area contributed by atoms with E-state index in [1.807, 2.05) is 60.7 Å². The van der Waals surface area contributed by atoms with Gasteiger partial charge in [0, 0.05) is 0 Å². The van der Waals surface area contributed by atoms with E-state index in [1.54, 1.807) is 12.2 Å². The molecule has 0 atom stereocenters. The van der Waals surface area contributed by atoms with Crippen LogP contribution in [-0.2, 0) is 8.85 Å². The molecule has 0 bridgehead atoms. The number of hydrogen-bond donors (Lipinski definition) is 2. The normalized spacial score (nSPS) is 11.9. The van der Waals surface area contributed by atoms with Crippen molar-refractivity contribution in [2.45, 2.75) is 0 Å². The van der Waals surface area contributed by atoms with E-state index in [2.05, 4.69) is 0 Å². The van der Waals surface area contributed by atoms with Crippen molar-refractivity contribution >= 4 is 21.2 Å². The third kappa shape index (κ3) is 5.66. The van der Waals surface area contributed by atoms with Crippen molar-refractivity contribution in [1.29, 1.82) is 0 Å². The molecule has 0 radical (unpaired) electrons. The van der Waals surface area contributed by atoms with Crippen LogP contribution < -0.4 is 0 Å². The van der Waals surface area contributed by atoms with Gasteiger partial charge in [-0.25, -0.2) is 0 Å². The maximum absolute atomic E-state index is 9.62. The summed E-state index contributed by atoms with van der Waals surface area (Å²) in [6.07, 6.45) is 5.69. The van der Waals surface area contributed by atoms with Crippen LogP contribution in [0.5, 0.6) is 0 Å². The van der Waals surface area contributed by atoms with Crippen LogP contribution >= 0.6 is 0 Å². The van der Waals surface area contributed by atoms with Gasteiger partial charge in [0.15, 0.2) is 0 Å². The van der Waals surface area contributed by atoms with E-state index >= 15 is 0 Å². The molecule has 0 heterocycles. The number of rotatable bonds is 6. The summed E-state index contributed by atoms with van der Waals surface area (Å²) < 4.78 is 9.73. The van der Waals surface area contributed by atoms with Gasteiger partial charge in [-0.3, -0.25) is 0 Å². The monoisotopic (exact) mass is 300 g/mol. The lowest BCUT2D eigenvalue weighted by Crippen LogP contribution is -2.39. The van der Waals surface area contributed by atoms with Gasteiger partial charge in [-0.05, 0) is 23.3 Å². The van der Waals surface area contributed by atoms with Crippen LogP contribution in [0.2, 0.25) is 0 Å². The molecule has 21 heavy (non-hydrogen) atoms. The summed E-state index contributed by atoms with van der Waals surface area (Å²) in [6.45, 7) is 0. The summed E-state index contributed by atoms with van der Waals surface area (Å²) in [5.74, 6) is 0. The zero-order chi connectivity index (χ0) is 15.0. The van der Waals surface area contributed by atoms with Crippen LogP contribution in [0.1, 0.15) is 11.1 Å². The molecule has 0 aromatic heterocycles. The van der Waals surface area contributed by atoms with Gasteiger partial charge in [0.2, 0.25) is 0 Å². The van der Waals surface area contributed by atoms with Crippen molar-refractivity contribution in [2.24, 2.45) is 0 Å². The zero-order valence-corrected chi connectivity index (χ0v) is 12.3. The minimum Gasteiger partial charge on any atom is -0.478 e. The van der Waals surface area contributed by atoms with Crippen LogP contribution in [0.15, 0.2) is 73.2 Å². The third-order valence-corrected chi connectivity index (χ3v) is 3.45. The Balaban J connectivity index is 1.84. The molecule has 108 valence electrons. The molecule has 5 heteroatoms. The van der Waals surface area contributed by atoms with Gasteiger partial charge in [-0.15, -0.1) is 0 Å². The molecule has 0 saturated carbocycles. The predicted octanol–water partition coefficient (Wildman–Crippen LogP) is 2.78. The molecular formula is C16H16O4Si. The fourth-order valence-electron chi connectivity index (χ4n) is 1.56. The molecule has 0 aliphatic heterocycles. The highest BCUT2D eigenvalue weighted by Crippen LogP contribution is 2.07. The quantitative estimate of drug-likeness (QED) is 0.636. The molecule has 0 unspecified atom stereocenters. The largest absolute Gasteiger partial charge is 0.814 e. The summed E-state index contributed by atoms with van der Waals surface area (Å²) in [4.78, 5) is 19.2.